The lowest BCUT2D eigenvalue weighted by molar-refractivity contribution is -0.121. The van der Waals surface area contributed by atoms with Crippen LogP contribution in [0.3, 0.4) is 0 Å². The van der Waals surface area contributed by atoms with E-state index in [2.05, 4.69) is 15.6 Å². The Morgan fingerprint density at radius 2 is 1.94 bits per heavy atom. The molecule has 18 heavy (non-hydrogen) atoms. The van der Waals surface area contributed by atoms with E-state index < -0.39 is 5.54 Å². The molecule has 1 saturated carbocycles. The third-order valence-electron chi connectivity index (χ3n) is 4.15. The summed E-state index contributed by atoms with van der Waals surface area (Å²) >= 11 is 0. The number of nitrogens with zero attached hydrogens (tertiary/aromatic N) is 1. The lowest BCUT2D eigenvalue weighted by atomic mass is 9.87. The van der Waals surface area contributed by atoms with E-state index in [0.717, 1.165) is 42.8 Å². The second kappa shape index (κ2) is 4.26. The molecule has 1 aliphatic carbocycles. The zero-order valence-electron chi connectivity index (χ0n) is 10.8. The molecular formula is C14H19N3O. The quantitative estimate of drug-likeness (QED) is 0.739. The van der Waals surface area contributed by atoms with Crippen molar-refractivity contribution >= 4 is 17.4 Å². The molecule has 0 atom stereocenters. The van der Waals surface area contributed by atoms with Gasteiger partial charge in [0.25, 0.3) is 0 Å². The van der Waals surface area contributed by atoms with Crippen molar-refractivity contribution < 1.29 is 4.79 Å². The largest absolute Gasteiger partial charge is 0.354 e. The summed E-state index contributed by atoms with van der Waals surface area (Å²) in [5.41, 5.74) is 1.48. The van der Waals surface area contributed by atoms with Gasteiger partial charge in [0, 0.05) is 6.20 Å². The maximum atomic E-state index is 12.4. The van der Waals surface area contributed by atoms with Crippen LogP contribution in [-0.2, 0) is 4.79 Å². The molecule has 2 N–H and O–H groups in total. The van der Waals surface area contributed by atoms with Crippen LogP contribution < -0.4 is 10.6 Å². The zero-order valence-corrected chi connectivity index (χ0v) is 10.8. The summed E-state index contributed by atoms with van der Waals surface area (Å²) in [6.07, 6.45) is 8.30. The molecular weight excluding hydrogens is 226 g/mol. The maximum absolute atomic E-state index is 12.4. The van der Waals surface area contributed by atoms with E-state index in [0.29, 0.717) is 0 Å². The van der Waals surface area contributed by atoms with Crippen molar-refractivity contribution in [3.63, 3.8) is 0 Å². The van der Waals surface area contributed by atoms with Gasteiger partial charge in [0.2, 0.25) is 5.91 Å². The van der Waals surface area contributed by atoms with Crippen molar-refractivity contribution in [2.75, 3.05) is 10.6 Å². The Morgan fingerprint density at radius 1 is 1.22 bits per heavy atom. The Balaban J connectivity index is 1.98. The summed E-state index contributed by atoms with van der Waals surface area (Å²) in [5.74, 6) is 0.949. The topological polar surface area (TPSA) is 54.0 Å². The van der Waals surface area contributed by atoms with Crippen molar-refractivity contribution in [2.45, 2.75) is 51.0 Å². The van der Waals surface area contributed by atoms with Crippen LogP contribution in [0.2, 0.25) is 0 Å². The molecule has 1 fully saturated rings. The first-order chi connectivity index (χ1) is 8.71. The predicted octanol–water partition coefficient (Wildman–Crippen LogP) is 2.85. The Morgan fingerprint density at radius 3 is 2.67 bits per heavy atom. The second-order valence-electron chi connectivity index (χ2n) is 5.43. The summed E-state index contributed by atoms with van der Waals surface area (Å²) in [4.78, 5) is 16.8. The van der Waals surface area contributed by atoms with Gasteiger partial charge in [-0.1, -0.05) is 25.7 Å². The number of pyridine rings is 1. The Hall–Kier alpha value is -1.58. The summed E-state index contributed by atoms with van der Waals surface area (Å²) in [6.45, 7) is 1.99. The number of rotatable bonds is 0. The lowest BCUT2D eigenvalue weighted by Gasteiger charge is -2.37. The normalized spacial score (nSPS) is 21.7. The number of nitrogens with one attached hydrogen (secondary N) is 2. The highest BCUT2D eigenvalue weighted by molar-refractivity contribution is 6.06. The predicted molar refractivity (Wildman–Crippen MR) is 71.7 cm³/mol. The van der Waals surface area contributed by atoms with Gasteiger partial charge in [-0.15, -0.1) is 0 Å². The van der Waals surface area contributed by atoms with Crippen LogP contribution in [0.4, 0.5) is 11.5 Å². The minimum Gasteiger partial charge on any atom is -0.354 e. The number of hydrogen-bond donors (Lipinski definition) is 2. The van der Waals surface area contributed by atoms with Gasteiger partial charge < -0.3 is 10.6 Å². The molecule has 1 spiro atoms. The fourth-order valence-corrected chi connectivity index (χ4v) is 3.01. The molecule has 3 rings (SSSR count). The molecule has 0 unspecified atom stereocenters. The molecule has 0 bridgehead atoms. The average molecular weight is 245 g/mol. The summed E-state index contributed by atoms with van der Waals surface area (Å²) in [7, 11) is 0. The molecule has 2 aliphatic rings. The van der Waals surface area contributed by atoms with E-state index in [1.807, 2.05) is 13.0 Å². The standard InChI is InChI=1S/C14H19N3O/c1-10-6-9-15-12-11(10)16-13(18)14(17-12)7-4-2-3-5-8-14/h6,9H,2-5,7-8H2,1H3,(H,15,17)(H,16,18). The molecule has 0 aromatic carbocycles. The third-order valence-corrected chi connectivity index (χ3v) is 4.15. The van der Waals surface area contributed by atoms with Crippen LogP contribution in [-0.4, -0.2) is 16.4 Å². The molecule has 4 heteroatoms. The van der Waals surface area contributed by atoms with Gasteiger partial charge in [-0.3, -0.25) is 4.79 Å². The van der Waals surface area contributed by atoms with Crippen LogP contribution in [0, 0.1) is 6.92 Å². The molecule has 1 amide bonds. The van der Waals surface area contributed by atoms with Crippen LogP contribution in [0.5, 0.6) is 0 Å². The fraction of sp³-hybridized carbons (Fsp3) is 0.571. The van der Waals surface area contributed by atoms with Gasteiger partial charge >= 0.3 is 0 Å². The van der Waals surface area contributed by atoms with Crippen LogP contribution in [0.1, 0.15) is 44.1 Å². The first-order valence-electron chi connectivity index (χ1n) is 6.77. The van der Waals surface area contributed by atoms with Crippen molar-refractivity contribution in [1.82, 2.24) is 4.98 Å². The van der Waals surface area contributed by atoms with E-state index in [9.17, 15) is 4.79 Å². The molecule has 4 nitrogen and oxygen atoms in total. The van der Waals surface area contributed by atoms with Crippen molar-refractivity contribution in [3.05, 3.63) is 17.8 Å². The number of aryl methyl sites for hydroxylation is 1. The van der Waals surface area contributed by atoms with Crippen molar-refractivity contribution in [2.24, 2.45) is 0 Å². The van der Waals surface area contributed by atoms with Gasteiger partial charge in [0.1, 0.15) is 5.54 Å². The number of amides is 1. The molecule has 1 aliphatic heterocycles. The fourth-order valence-electron chi connectivity index (χ4n) is 3.01. The van der Waals surface area contributed by atoms with Crippen molar-refractivity contribution in [3.8, 4) is 0 Å². The first-order valence-corrected chi connectivity index (χ1v) is 6.77. The summed E-state index contributed by atoms with van der Waals surface area (Å²) in [5, 5.41) is 6.47. The van der Waals surface area contributed by atoms with Gasteiger partial charge in [-0.25, -0.2) is 4.98 Å². The number of fused-ring (bicyclic) bond motifs is 1. The van der Waals surface area contributed by atoms with Gasteiger partial charge in [0.05, 0.1) is 5.69 Å². The van der Waals surface area contributed by atoms with Gasteiger partial charge in [-0.2, -0.15) is 0 Å². The van der Waals surface area contributed by atoms with Gasteiger partial charge in [0.15, 0.2) is 5.82 Å². The monoisotopic (exact) mass is 245 g/mol. The van der Waals surface area contributed by atoms with Crippen LogP contribution in [0.15, 0.2) is 12.3 Å². The third kappa shape index (κ3) is 1.76. The minimum atomic E-state index is -0.426. The molecule has 96 valence electrons. The molecule has 2 heterocycles. The minimum absolute atomic E-state index is 0.119. The van der Waals surface area contributed by atoms with E-state index >= 15 is 0 Å². The van der Waals surface area contributed by atoms with Crippen LogP contribution >= 0.6 is 0 Å². The number of anilines is 2. The lowest BCUT2D eigenvalue weighted by Crippen LogP contribution is -2.52. The highest BCUT2D eigenvalue weighted by Crippen LogP contribution is 2.38. The number of carbonyl (C=O) groups excluding carboxylic acids is 1. The molecule has 0 radical (unpaired) electrons. The highest BCUT2D eigenvalue weighted by Gasteiger charge is 2.42. The van der Waals surface area contributed by atoms with Crippen LogP contribution in [0.25, 0.3) is 0 Å². The Bertz CT molecular complexity index is 476. The number of aromatic nitrogens is 1. The van der Waals surface area contributed by atoms with E-state index in [4.69, 9.17) is 0 Å². The molecule has 1 aromatic heterocycles. The van der Waals surface area contributed by atoms with E-state index in [1.54, 1.807) is 6.20 Å². The number of carbonyl (C=O) groups is 1. The summed E-state index contributed by atoms with van der Waals surface area (Å²) in [6, 6.07) is 1.92. The Kier molecular flexibility index (Phi) is 2.73. The SMILES string of the molecule is Cc1ccnc2c1NC(=O)C1(CCCCCC1)N2. The first kappa shape index (κ1) is 11.5. The average Bonchev–Trinajstić information content (AvgIpc) is 2.59. The van der Waals surface area contributed by atoms with Gasteiger partial charge in [-0.05, 0) is 31.4 Å². The maximum Gasteiger partial charge on any atom is 0.250 e. The molecule has 0 saturated heterocycles. The van der Waals surface area contributed by atoms with E-state index in [-0.39, 0.29) is 5.91 Å². The highest BCUT2D eigenvalue weighted by atomic mass is 16.2. The van der Waals surface area contributed by atoms with E-state index in [1.165, 1.54) is 12.8 Å². The number of hydrogen-bond acceptors (Lipinski definition) is 3. The Labute approximate surface area is 107 Å². The van der Waals surface area contributed by atoms with Crippen molar-refractivity contribution in [1.29, 1.82) is 0 Å². The summed E-state index contributed by atoms with van der Waals surface area (Å²) < 4.78 is 0. The molecule has 1 aromatic rings. The zero-order chi connectivity index (χ0) is 12.6. The second-order valence-corrected chi connectivity index (χ2v) is 5.43. The smallest absolute Gasteiger partial charge is 0.250 e.